The lowest BCUT2D eigenvalue weighted by atomic mass is 9.85. The molecule has 2 atom stereocenters. The molecule has 2 nitrogen and oxygen atoms in total. The molecule has 106 valence electrons. The van der Waals surface area contributed by atoms with Crippen LogP contribution in [0.1, 0.15) is 50.2 Å². The molecule has 1 aromatic carbocycles. The van der Waals surface area contributed by atoms with E-state index in [9.17, 15) is 0 Å². The second-order valence-electron chi connectivity index (χ2n) is 5.72. The van der Waals surface area contributed by atoms with Gasteiger partial charge in [-0.2, -0.15) is 0 Å². The Morgan fingerprint density at radius 3 is 2.89 bits per heavy atom. The summed E-state index contributed by atoms with van der Waals surface area (Å²) in [5.74, 6) is 0.884. The Morgan fingerprint density at radius 1 is 1.26 bits per heavy atom. The molecule has 2 heteroatoms. The van der Waals surface area contributed by atoms with Crippen LogP contribution in [0.2, 0.25) is 0 Å². The molecule has 19 heavy (non-hydrogen) atoms. The van der Waals surface area contributed by atoms with Gasteiger partial charge in [0.15, 0.2) is 0 Å². The molecule has 1 saturated carbocycles. The van der Waals surface area contributed by atoms with E-state index in [4.69, 9.17) is 4.74 Å². The number of nitrogens with one attached hydrogen (secondary N) is 1. The highest BCUT2D eigenvalue weighted by molar-refractivity contribution is 5.22. The summed E-state index contributed by atoms with van der Waals surface area (Å²) in [5.41, 5.74) is 2.63. The molecule has 1 N–H and O–H groups in total. The normalized spacial score (nSPS) is 23.5. The minimum Gasteiger partial charge on any atom is -0.374 e. The maximum absolute atomic E-state index is 6.11. The molecule has 0 saturated heterocycles. The molecule has 1 aromatic rings. The van der Waals surface area contributed by atoms with E-state index in [1.165, 1.54) is 43.2 Å². The number of rotatable bonds is 6. The van der Waals surface area contributed by atoms with Crippen LogP contribution in [-0.2, 0) is 17.9 Å². The summed E-state index contributed by atoms with van der Waals surface area (Å²) < 4.78 is 6.11. The Balaban J connectivity index is 1.82. The Morgan fingerprint density at radius 2 is 2.11 bits per heavy atom. The van der Waals surface area contributed by atoms with Gasteiger partial charge in [0.2, 0.25) is 0 Å². The zero-order chi connectivity index (χ0) is 13.5. The van der Waals surface area contributed by atoms with Crippen molar-refractivity contribution in [1.29, 1.82) is 0 Å². The van der Waals surface area contributed by atoms with Crippen LogP contribution in [0.3, 0.4) is 0 Å². The van der Waals surface area contributed by atoms with E-state index in [1.807, 2.05) is 7.05 Å². The average molecular weight is 261 g/mol. The molecule has 0 bridgehead atoms. The van der Waals surface area contributed by atoms with Crippen molar-refractivity contribution in [3.05, 3.63) is 35.4 Å². The molecule has 1 aliphatic carbocycles. The Hall–Kier alpha value is -0.860. The third-order valence-corrected chi connectivity index (χ3v) is 4.17. The minimum absolute atomic E-state index is 0.478. The number of hydrogen-bond acceptors (Lipinski definition) is 2. The SMILES string of the molecule is CCC1CCCC(OCc2cccc(CNC)c2)C1. The number of benzene rings is 1. The van der Waals surface area contributed by atoms with Crippen LogP contribution in [0.4, 0.5) is 0 Å². The summed E-state index contributed by atoms with van der Waals surface area (Å²) in [7, 11) is 1.98. The van der Waals surface area contributed by atoms with E-state index in [1.54, 1.807) is 0 Å². The van der Waals surface area contributed by atoms with Crippen LogP contribution >= 0.6 is 0 Å². The summed E-state index contributed by atoms with van der Waals surface area (Å²) in [4.78, 5) is 0. The lowest BCUT2D eigenvalue weighted by Crippen LogP contribution is -2.22. The first-order chi connectivity index (χ1) is 9.31. The molecular weight excluding hydrogens is 234 g/mol. The Labute approximate surface area is 117 Å². The summed E-state index contributed by atoms with van der Waals surface area (Å²) in [6.07, 6.45) is 7.01. The molecule has 0 heterocycles. The third kappa shape index (κ3) is 4.63. The molecule has 0 radical (unpaired) electrons. The molecular formula is C17H27NO. The van der Waals surface area contributed by atoms with Crippen LogP contribution in [0, 0.1) is 5.92 Å². The fourth-order valence-corrected chi connectivity index (χ4v) is 3.01. The van der Waals surface area contributed by atoms with Crippen molar-refractivity contribution in [1.82, 2.24) is 5.32 Å². The van der Waals surface area contributed by atoms with Gasteiger partial charge in [0.25, 0.3) is 0 Å². The van der Waals surface area contributed by atoms with Crippen LogP contribution in [0.15, 0.2) is 24.3 Å². The second-order valence-corrected chi connectivity index (χ2v) is 5.72. The predicted octanol–water partition coefficient (Wildman–Crippen LogP) is 3.89. The lowest BCUT2D eigenvalue weighted by Gasteiger charge is -2.28. The first-order valence-corrected chi connectivity index (χ1v) is 7.65. The van der Waals surface area contributed by atoms with Crippen LogP contribution < -0.4 is 5.32 Å². The predicted molar refractivity (Wildman–Crippen MR) is 80.0 cm³/mol. The van der Waals surface area contributed by atoms with Gasteiger partial charge in [-0.3, -0.25) is 0 Å². The smallest absolute Gasteiger partial charge is 0.0720 e. The largest absolute Gasteiger partial charge is 0.374 e. The Bertz CT molecular complexity index is 377. The maximum Gasteiger partial charge on any atom is 0.0720 e. The number of hydrogen-bond donors (Lipinski definition) is 1. The fraction of sp³-hybridized carbons (Fsp3) is 0.647. The van der Waals surface area contributed by atoms with Crippen molar-refractivity contribution in [3.63, 3.8) is 0 Å². The van der Waals surface area contributed by atoms with E-state index < -0.39 is 0 Å². The highest BCUT2D eigenvalue weighted by Gasteiger charge is 2.21. The summed E-state index contributed by atoms with van der Waals surface area (Å²) in [6.45, 7) is 3.99. The zero-order valence-corrected chi connectivity index (χ0v) is 12.3. The van der Waals surface area contributed by atoms with Crippen molar-refractivity contribution in [3.8, 4) is 0 Å². The zero-order valence-electron chi connectivity index (χ0n) is 12.3. The van der Waals surface area contributed by atoms with Gasteiger partial charge in [-0.25, -0.2) is 0 Å². The van der Waals surface area contributed by atoms with Crippen molar-refractivity contribution < 1.29 is 4.74 Å². The van der Waals surface area contributed by atoms with E-state index >= 15 is 0 Å². The molecule has 0 aromatic heterocycles. The van der Waals surface area contributed by atoms with Gasteiger partial charge in [-0.15, -0.1) is 0 Å². The Kier molecular flexibility index (Phi) is 5.87. The molecule has 0 aliphatic heterocycles. The van der Waals surface area contributed by atoms with Gasteiger partial charge in [0.05, 0.1) is 12.7 Å². The molecule has 0 amide bonds. The van der Waals surface area contributed by atoms with E-state index in [2.05, 4.69) is 36.5 Å². The summed E-state index contributed by atoms with van der Waals surface area (Å²) in [6, 6.07) is 8.70. The van der Waals surface area contributed by atoms with Crippen LogP contribution in [-0.4, -0.2) is 13.2 Å². The second kappa shape index (κ2) is 7.66. The lowest BCUT2D eigenvalue weighted by molar-refractivity contribution is 0.00175. The van der Waals surface area contributed by atoms with Gasteiger partial charge >= 0.3 is 0 Å². The van der Waals surface area contributed by atoms with Gasteiger partial charge in [-0.05, 0) is 36.9 Å². The van der Waals surface area contributed by atoms with Gasteiger partial charge in [0.1, 0.15) is 0 Å². The molecule has 2 rings (SSSR count). The van der Waals surface area contributed by atoms with E-state index in [0.717, 1.165) is 19.1 Å². The van der Waals surface area contributed by atoms with Crippen molar-refractivity contribution >= 4 is 0 Å². The van der Waals surface area contributed by atoms with Crippen molar-refractivity contribution in [2.24, 2.45) is 5.92 Å². The standard InChI is InChI=1S/C17H27NO/c1-3-14-6-5-9-17(11-14)19-13-16-8-4-7-15(10-16)12-18-2/h4,7-8,10,14,17-18H,3,5-6,9,11-13H2,1-2H3. The topological polar surface area (TPSA) is 21.3 Å². The fourth-order valence-electron chi connectivity index (χ4n) is 3.01. The first kappa shape index (κ1) is 14.5. The van der Waals surface area contributed by atoms with Gasteiger partial charge in [0, 0.05) is 6.54 Å². The highest BCUT2D eigenvalue weighted by atomic mass is 16.5. The van der Waals surface area contributed by atoms with Gasteiger partial charge < -0.3 is 10.1 Å². The van der Waals surface area contributed by atoms with Crippen molar-refractivity contribution in [2.75, 3.05) is 7.05 Å². The summed E-state index contributed by atoms with van der Waals surface area (Å²) in [5, 5.41) is 3.19. The maximum atomic E-state index is 6.11. The van der Waals surface area contributed by atoms with Crippen LogP contribution in [0.25, 0.3) is 0 Å². The molecule has 1 fully saturated rings. The first-order valence-electron chi connectivity index (χ1n) is 7.65. The summed E-state index contributed by atoms with van der Waals surface area (Å²) >= 11 is 0. The average Bonchev–Trinajstić information content (AvgIpc) is 2.46. The van der Waals surface area contributed by atoms with Gasteiger partial charge in [-0.1, -0.05) is 50.5 Å². The number of ether oxygens (including phenoxy) is 1. The van der Waals surface area contributed by atoms with Crippen molar-refractivity contribution in [2.45, 2.75) is 58.3 Å². The molecule has 1 aliphatic rings. The highest BCUT2D eigenvalue weighted by Crippen LogP contribution is 2.28. The minimum atomic E-state index is 0.478. The third-order valence-electron chi connectivity index (χ3n) is 4.17. The molecule has 0 spiro atoms. The molecule has 2 unspecified atom stereocenters. The van der Waals surface area contributed by atoms with E-state index in [-0.39, 0.29) is 0 Å². The quantitative estimate of drug-likeness (QED) is 0.838. The van der Waals surface area contributed by atoms with E-state index in [0.29, 0.717) is 6.10 Å². The van der Waals surface area contributed by atoms with Crippen LogP contribution in [0.5, 0.6) is 0 Å². The monoisotopic (exact) mass is 261 g/mol.